The lowest BCUT2D eigenvalue weighted by atomic mass is 9.62. The monoisotopic (exact) mass is 395 g/mol. The second-order valence-electron chi connectivity index (χ2n) is 9.14. The summed E-state index contributed by atoms with van der Waals surface area (Å²) in [5.41, 5.74) is 3.24. The number of aromatic nitrogens is 2. The molecule has 2 bridgehead atoms. The van der Waals surface area contributed by atoms with Crippen LogP contribution in [0.2, 0.25) is 0 Å². The molecule has 0 aromatic carbocycles. The Morgan fingerprint density at radius 2 is 1.85 bits per heavy atom. The van der Waals surface area contributed by atoms with E-state index in [2.05, 4.69) is 16.7 Å². The van der Waals surface area contributed by atoms with Crippen LogP contribution in [0.4, 0.5) is 0 Å². The van der Waals surface area contributed by atoms with Crippen molar-refractivity contribution >= 4 is 10.0 Å². The van der Waals surface area contributed by atoms with Gasteiger partial charge in [0.1, 0.15) is 0 Å². The van der Waals surface area contributed by atoms with Gasteiger partial charge in [-0.2, -0.15) is 5.10 Å². The van der Waals surface area contributed by atoms with Gasteiger partial charge in [-0.15, -0.1) is 0 Å². The molecular formula is C20H33N3O3S. The first kappa shape index (κ1) is 19.4. The number of aryl methyl sites for hydroxylation is 2. The van der Waals surface area contributed by atoms with Crippen molar-refractivity contribution in [2.75, 3.05) is 18.9 Å². The Kier molecular flexibility index (Phi) is 5.14. The van der Waals surface area contributed by atoms with E-state index in [9.17, 15) is 8.42 Å². The lowest BCUT2D eigenvalue weighted by molar-refractivity contribution is 0.0852. The lowest BCUT2D eigenvalue weighted by Gasteiger charge is -2.46. The highest BCUT2D eigenvalue weighted by molar-refractivity contribution is 7.89. The van der Waals surface area contributed by atoms with Crippen molar-refractivity contribution < 1.29 is 13.2 Å². The molecule has 1 aliphatic heterocycles. The Labute approximate surface area is 163 Å². The summed E-state index contributed by atoms with van der Waals surface area (Å²) in [6, 6.07) is 0. The maximum atomic E-state index is 12.8. The molecule has 7 heteroatoms. The predicted octanol–water partition coefficient (Wildman–Crippen LogP) is 3.00. The molecule has 152 valence electrons. The van der Waals surface area contributed by atoms with E-state index in [0.717, 1.165) is 48.6 Å². The molecule has 27 heavy (non-hydrogen) atoms. The van der Waals surface area contributed by atoms with Crippen molar-refractivity contribution in [1.82, 2.24) is 14.5 Å². The average molecular weight is 396 g/mol. The largest absolute Gasteiger partial charge is 0.373 e. The van der Waals surface area contributed by atoms with Gasteiger partial charge >= 0.3 is 0 Å². The van der Waals surface area contributed by atoms with Crippen molar-refractivity contribution in [2.45, 2.75) is 64.9 Å². The van der Waals surface area contributed by atoms with Crippen LogP contribution in [-0.2, 0) is 21.8 Å². The minimum Gasteiger partial charge on any atom is -0.373 e. The molecule has 0 amide bonds. The van der Waals surface area contributed by atoms with Crippen LogP contribution in [0.5, 0.6) is 0 Å². The van der Waals surface area contributed by atoms with Gasteiger partial charge in [0.25, 0.3) is 0 Å². The first-order valence-corrected chi connectivity index (χ1v) is 12.0. The van der Waals surface area contributed by atoms with Crippen LogP contribution in [0.3, 0.4) is 0 Å². The van der Waals surface area contributed by atoms with Gasteiger partial charge in [-0.25, -0.2) is 13.1 Å². The summed E-state index contributed by atoms with van der Waals surface area (Å²) in [6.45, 7) is 5.19. The van der Waals surface area contributed by atoms with Crippen LogP contribution in [-0.4, -0.2) is 37.1 Å². The molecule has 4 aliphatic rings. The molecule has 1 saturated heterocycles. The molecule has 3 aliphatic carbocycles. The van der Waals surface area contributed by atoms with Crippen LogP contribution in [0, 0.1) is 31.1 Å². The number of hydrogen-bond acceptors (Lipinski definition) is 4. The molecule has 1 aromatic rings. The van der Waals surface area contributed by atoms with Gasteiger partial charge in [-0.05, 0) is 70.1 Å². The minimum atomic E-state index is -3.26. The van der Waals surface area contributed by atoms with E-state index in [1.165, 1.54) is 19.3 Å². The van der Waals surface area contributed by atoms with Crippen LogP contribution < -0.4 is 4.72 Å². The van der Waals surface area contributed by atoms with E-state index < -0.39 is 10.0 Å². The third-order valence-corrected chi connectivity index (χ3v) is 8.97. The Morgan fingerprint density at radius 3 is 2.44 bits per heavy atom. The summed E-state index contributed by atoms with van der Waals surface area (Å²) >= 11 is 0. The fourth-order valence-electron chi connectivity index (χ4n) is 5.61. The molecule has 0 unspecified atom stereocenters. The molecule has 6 nitrogen and oxygen atoms in total. The van der Waals surface area contributed by atoms with E-state index in [1.54, 1.807) is 0 Å². The summed E-state index contributed by atoms with van der Waals surface area (Å²) in [7, 11) is -1.32. The quantitative estimate of drug-likeness (QED) is 0.804. The first-order chi connectivity index (χ1) is 12.8. The second kappa shape index (κ2) is 7.16. The van der Waals surface area contributed by atoms with E-state index in [-0.39, 0.29) is 17.4 Å². The maximum absolute atomic E-state index is 12.8. The minimum absolute atomic E-state index is 0.0304. The SMILES string of the molecule is Cc1nn(C)c(C)c1[C@@H]1OCC[C@H]1CNS(=O)(=O)CC12CCC(CC1)CC2. The van der Waals surface area contributed by atoms with E-state index >= 15 is 0 Å². The molecule has 3 saturated carbocycles. The molecule has 2 heterocycles. The molecule has 1 N–H and O–H groups in total. The second-order valence-corrected chi connectivity index (χ2v) is 10.9. The molecule has 5 rings (SSSR count). The van der Waals surface area contributed by atoms with Crippen LogP contribution in [0.25, 0.3) is 0 Å². The third kappa shape index (κ3) is 3.83. The number of nitrogens with zero attached hydrogens (tertiary/aromatic N) is 2. The van der Waals surface area contributed by atoms with Gasteiger partial charge in [0.2, 0.25) is 10.0 Å². The number of rotatable bonds is 6. The highest BCUT2D eigenvalue weighted by atomic mass is 32.2. The summed E-state index contributed by atoms with van der Waals surface area (Å²) in [5.74, 6) is 1.32. The zero-order valence-corrected chi connectivity index (χ0v) is 17.6. The highest BCUT2D eigenvalue weighted by Gasteiger charge is 2.43. The predicted molar refractivity (Wildman–Crippen MR) is 105 cm³/mol. The summed E-state index contributed by atoms with van der Waals surface area (Å²) in [6.07, 6.45) is 7.72. The average Bonchev–Trinajstić information content (AvgIpc) is 3.18. The zero-order chi connectivity index (χ0) is 19.2. The van der Waals surface area contributed by atoms with Crippen molar-refractivity contribution in [3.63, 3.8) is 0 Å². The topological polar surface area (TPSA) is 73.2 Å². The Hall–Kier alpha value is -0.920. The summed E-state index contributed by atoms with van der Waals surface area (Å²) in [4.78, 5) is 0. The Balaban J connectivity index is 1.41. The van der Waals surface area contributed by atoms with E-state index in [4.69, 9.17) is 4.74 Å². The molecule has 1 aromatic heterocycles. The molecule has 4 fully saturated rings. The van der Waals surface area contributed by atoms with Crippen LogP contribution in [0.1, 0.15) is 68.0 Å². The van der Waals surface area contributed by atoms with Crippen LogP contribution >= 0.6 is 0 Å². The fraction of sp³-hybridized carbons (Fsp3) is 0.850. The van der Waals surface area contributed by atoms with Gasteiger partial charge in [0.05, 0.1) is 17.6 Å². The lowest BCUT2D eigenvalue weighted by Crippen LogP contribution is -2.43. The Bertz CT molecular complexity index is 780. The number of fused-ring (bicyclic) bond motifs is 3. The van der Waals surface area contributed by atoms with Gasteiger partial charge in [0, 0.05) is 37.4 Å². The fourth-order valence-corrected chi connectivity index (χ4v) is 7.42. The van der Waals surface area contributed by atoms with Gasteiger partial charge in [0.15, 0.2) is 0 Å². The number of hydrogen-bond donors (Lipinski definition) is 1. The van der Waals surface area contributed by atoms with Crippen molar-refractivity contribution in [3.05, 3.63) is 17.0 Å². The van der Waals surface area contributed by atoms with E-state index in [0.29, 0.717) is 18.9 Å². The maximum Gasteiger partial charge on any atom is 0.212 e. The standard InChI is InChI=1S/C20H33N3O3S/c1-14-18(15(2)23(3)22-14)19-17(7-11-26-19)12-21-27(24,25)13-20-8-4-16(5-9-20)6-10-20/h16-17,19,21H,4-13H2,1-3H3/t16?,17-,19+,20?/m0/s1. The number of ether oxygens (including phenoxy) is 1. The van der Waals surface area contributed by atoms with Gasteiger partial charge in [-0.1, -0.05) is 0 Å². The summed E-state index contributed by atoms with van der Waals surface area (Å²) < 4.78 is 36.5. The van der Waals surface area contributed by atoms with Crippen molar-refractivity contribution in [1.29, 1.82) is 0 Å². The molecule has 0 spiro atoms. The molecular weight excluding hydrogens is 362 g/mol. The zero-order valence-electron chi connectivity index (χ0n) is 16.8. The normalized spacial score (nSPS) is 33.7. The first-order valence-electron chi connectivity index (χ1n) is 10.4. The molecule has 0 radical (unpaired) electrons. The molecule has 2 atom stereocenters. The number of sulfonamides is 1. The van der Waals surface area contributed by atoms with Crippen molar-refractivity contribution in [3.8, 4) is 0 Å². The highest BCUT2D eigenvalue weighted by Crippen LogP contribution is 2.50. The van der Waals surface area contributed by atoms with Gasteiger partial charge < -0.3 is 4.74 Å². The Morgan fingerprint density at radius 1 is 1.19 bits per heavy atom. The van der Waals surface area contributed by atoms with Crippen LogP contribution in [0.15, 0.2) is 0 Å². The third-order valence-electron chi connectivity index (χ3n) is 7.37. The smallest absolute Gasteiger partial charge is 0.212 e. The van der Waals surface area contributed by atoms with Crippen molar-refractivity contribution in [2.24, 2.45) is 24.3 Å². The number of nitrogens with one attached hydrogen (secondary N) is 1. The van der Waals surface area contributed by atoms with Gasteiger partial charge in [-0.3, -0.25) is 4.68 Å². The summed E-state index contributed by atoms with van der Waals surface area (Å²) in [5, 5.41) is 4.50. The van der Waals surface area contributed by atoms with E-state index in [1.807, 2.05) is 18.7 Å².